The summed E-state index contributed by atoms with van der Waals surface area (Å²) < 4.78 is 6.10. The molecule has 0 bridgehead atoms. The van der Waals surface area contributed by atoms with Gasteiger partial charge in [0, 0.05) is 6.04 Å². The Bertz CT molecular complexity index is 381. The van der Waals surface area contributed by atoms with Gasteiger partial charge in [0.2, 0.25) is 0 Å². The topological polar surface area (TPSA) is 21.3 Å². The molecule has 1 aliphatic carbocycles. The highest BCUT2D eigenvalue weighted by molar-refractivity contribution is 5.19. The summed E-state index contributed by atoms with van der Waals surface area (Å²) in [7, 11) is 0. The quantitative estimate of drug-likeness (QED) is 0.815. The Morgan fingerprint density at radius 3 is 2.56 bits per heavy atom. The van der Waals surface area contributed by atoms with Crippen LogP contribution in [0.5, 0.6) is 0 Å². The van der Waals surface area contributed by atoms with Crippen molar-refractivity contribution in [2.24, 2.45) is 5.92 Å². The third-order valence-corrected chi connectivity index (χ3v) is 4.51. The van der Waals surface area contributed by atoms with Crippen molar-refractivity contribution in [2.75, 3.05) is 6.61 Å². The van der Waals surface area contributed by atoms with Crippen LogP contribution in [-0.2, 0) is 4.74 Å². The monoisotopic (exact) mass is 245 g/mol. The van der Waals surface area contributed by atoms with Gasteiger partial charge in [0.05, 0.1) is 6.61 Å². The Morgan fingerprint density at radius 2 is 1.83 bits per heavy atom. The van der Waals surface area contributed by atoms with E-state index in [0.717, 1.165) is 31.8 Å². The molecule has 0 aromatic heterocycles. The van der Waals surface area contributed by atoms with Crippen LogP contribution in [0.2, 0.25) is 0 Å². The van der Waals surface area contributed by atoms with Gasteiger partial charge in [0.15, 0.2) is 0 Å². The lowest BCUT2D eigenvalue weighted by Gasteiger charge is -2.46. The van der Waals surface area contributed by atoms with Gasteiger partial charge in [-0.15, -0.1) is 0 Å². The zero-order chi connectivity index (χ0) is 12.4. The van der Waals surface area contributed by atoms with E-state index in [2.05, 4.69) is 42.6 Å². The molecule has 0 amide bonds. The van der Waals surface area contributed by atoms with Crippen molar-refractivity contribution in [3.63, 3.8) is 0 Å². The maximum Gasteiger partial charge on any atom is 0.119 e. The summed E-state index contributed by atoms with van der Waals surface area (Å²) in [5.41, 5.74) is 1.37. The highest BCUT2D eigenvalue weighted by Gasteiger charge is 2.39. The van der Waals surface area contributed by atoms with Gasteiger partial charge in [-0.3, -0.25) is 5.32 Å². The molecule has 2 nitrogen and oxygen atoms in total. The van der Waals surface area contributed by atoms with Crippen molar-refractivity contribution < 1.29 is 4.74 Å². The Labute approximate surface area is 110 Å². The van der Waals surface area contributed by atoms with Gasteiger partial charge in [-0.05, 0) is 43.6 Å². The molecule has 1 saturated carbocycles. The van der Waals surface area contributed by atoms with Gasteiger partial charge >= 0.3 is 0 Å². The minimum absolute atomic E-state index is 0.0364. The summed E-state index contributed by atoms with van der Waals surface area (Å²) >= 11 is 0. The van der Waals surface area contributed by atoms with Crippen molar-refractivity contribution in [3.05, 3.63) is 35.9 Å². The Morgan fingerprint density at radius 1 is 1.11 bits per heavy atom. The first-order valence-electron chi connectivity index (χ1n) is 7.24. The van der Waals surface area contributed by atoms with E-state index in [0.29, 0.717) is 6.04 Å². The highest BCUT2D eigenvalue weighted by atomic mass is 16.5. The molecule has 1 unspecified atom stereocenters. The summed E-state index contributed by atoms with van der Waals surface area (Å²) in [6, 6.07) is 11.3. The van der Waals surface area contributed by atoms with Crippen LogP contribution in [0.4, 0.5) is 0 Å². The largest absolute Gasteiger partial charge is 0.361 e. The number of ether oxygens (including phenoxy) is 1. The van der Waals surface area contributed by atoms with E-state index in [4.69, 9.17) is 4.74 Å². The van der Waals surface area contributed by atoms with E-state index >= 15 is 0 Å². The normalized spacial score (nSPS) is 36.7. The average Bonchev–Trinajstić information content (AvgIpc) is 2.44. The minimum atomic E-state index is -0.0364. The first-order valence-corrected chi connectivity index (χ1v) is 7.24. The average molecular weight is 245 g/mol. The molecule has 98 valence electrons. The van der Waals surface area contributed by atoms with Gasteiger partial charge in [-0.25, -0.2) is 0 Å². The van der Waals surface area contributed by atoms with Gasteiger partial charge in [-0.2, -0.15) is 0 Å². The maximum absolute atomic E-state index is 6.10. The van der Waals surface area contributed by atoms with E-state index in [1.54, 1.807) is 0 Å². The zero-order valence-electron chi connectivity index (χ0n) is 11.2. The van der Waals surface area contributed by atoms with Gasteiger partial charge < -0.3 is 4.74 Å². The maximum atomic E-state index is 6.10. The van der Waals surface area contributed by atoms with Crippen molar-refractivity contribution in [2.45, 2.75) is 50.8 Å². The molecule has 1 N–H and O–H groups in total. The lowest BCUT2D eigenvalue weighted by atomic mass is 9.83. The second-order valence-electron chi connectivity index (χ2n) is 5.92. The second-order valence-corrected chi connectivity index (χ2v) is 5.92. The number of hydrogen-bond donors (Lipinski definition) is 1. The molecule has 2 fully saturated rings. The van der Waals surface area contributed by atoms with Crippen molar-refractivity contribution in [1.29, 1.82) is 0 Å². The fourth-order valence-corrected chi connectivity index (χ4v) is 3.26. The van der Waals surface area contributed by atoms with E-state index in [1.165, 1.54) is 18.4 Å². The molecule has 2 aliphatic rings. The fraction of sp³-hybridized carbons (Fsp3) is 0.625. The molecular formula is C16H23NO. The number of nitrogens with one attached hydrogen (secondary N) is 1. The summed E-state index contributed by atoms with van der Waals surface area (Å²) in [5, 5.41) is 3.78. The predicted octanol–water partition coefficient (Wildman–Crippen LogP) is 3.64. The van der Waals surface area contributed by atoms with E-state index in [1.807, 2.05) is 0 Å². The van der Waals surface area contributed by atoms with E-state index < -0.39 is 0 Å². The number of hydrogen-bond acceptors (Lipinski definition) is 2. The van der Waals surface area contributed by atoms with E-state index in [9.17, 15) is 0 Å². The smallest absolute Gasteiger partial charge is 0.119 e. The SMILES string of the molecule is CC1CCC2(CC1)NC(c1ccccc1)CCO2. The van der Waals surface area contributed by atoms with Crippen LogP contribution >= 0.6 is 0 Å². The number of rotatable bonds is 1. The molecule has 1 aliphatic heterocycles. The van der Waals surface area contributed by atoms with Gasteiger partial charge in [0.25, 0.3) is 0 Å². The fourth-order valence-electron chi connectivity index (χ4n) is 3.26. The van der Waals surface area contributed by atoms with Crippen molar-refractivity contribution in [1.82, 2.24) is 5.32 Å². The molecular weight excluding hydrogens is 222 g/mol. The molecule has 1 aromatic carbocycles. The standard InChI is InChI=1S/C16H23NO/c1-13-7-10-16(11-8-13)17-15(9-12-18-16)14-5-3-2-4-6-14/h2-6,13,15,17H,7-12H2,1H3. The van der Waals surface area contributed by atoms with Crippen LogP contribution < -0.4 is 5.32 Å². The summed E-state index contributed by atoms with van der Waals surface area (Å²) in [6.45, 7) is 3.24. The molecule has 1 aromatic rings. The first kappa shape index (κ1) is 12.2. The lowest BCUT2D eigenvalue weighted by Crippen LogP contribution is -2.54. The van der Waals surface area contributed by atoms with Crippen LogP contribution in [0.3, 0.4) is 0 Å². The minimum Gasteiger partial charge on any atom is -0.361 e. The van der Waals surface area contributed by atoms with Gasteiger partial charge in [-0.1, -0.05) is 37.3 Å². The molecule has 1 heterocycles. The van der Waals surface area contributed by atoms with Crippen LogP contribution in [0, 0.1) is 5.92 Å². The lowest BCUT2D eigenvalue weighted by molar-refractivity contribution is -0.136. The van der Waals surface area contributed by atoms with E-state index in [-0.39, 0.29) is 5.72 Å². The van der Waals surface area contributed by atoms with Crippen LogP contribution in [0.1, 0.15) is 50.6 Å². The number of benzene rings is 1. The Balaban J connectivity index is 1.72. The molecule has 3 rings (SSSR count). The molecule has 0 radical (unpaired) electrons. The van der Waals surface area contributed by atoms with Crippen LogP contribution in [0.15, 0.2) is 30.3 Å². The zero-order valence-corrected chi connectivity index (χ0v) is 11.2. The first-order chi connectivity index (χ1) is 8.77. The van der Waals surface area contributed by atoms with Crippen LogP contribution in [0.25, 0.3) is 0 Å². The third-order valence-electron chi connectivity index (χ3n) is 4.51. The summed E-state index contributed by atoms with van der Waals surface area (Å²) in [5.74, 6) is 0.859. The summed E-state index contributed by atoms with van der Waals surface area (Å²) in [4.78, 5) is 0. The summed E-state index contributed by atoms with van der Waals surface area (Å²) in [6.07, 6.45) is 5.99. The molecule has 2 heteroatoms. The molecule has 1 atom stereocenters. The molecule has 1 spiro atoms. The third kappa shape index (κ3) is 2.45. The van der Waals surface area contributed by atoms with Crippen molar-refractivity contribution >= 4 is 0 Å². The Kier molecular flexibility index (Phi) is 3.40. The molecule has 18 heavy (non-hydrogen) atoms. The highest BCUT2D eigenvalue weighted by Crippen LogP contribution is 2.38. The predicted molar refractivity (Wildman–Crippen MR) is 73.3 cm³/mol. The Hall–Kier alpha value is -0.860. The van der Waals surface area contributed by atoms with Crippen LogP contribution in [-0.4, -0.2) is 12.3 Å². The molecule has 1 saturated heterocycles. The van der Waals surface area contributed by atoms with Gasteiger partial charge in [0.1, 0.15) is 5.72 Å². The van der Waals surface area contributed by atoms with Crippen molar-refractivity contribution in [3.8, 4) is 0 Å². The second kappa shape index (κ2) is 5.02.